The summed E-state index contributed by atoms with van der Waals surface area (Å²) >= 11 is 13.6. The molecular formula is C32H27Cl2N3O4S. The molecule has 0 aliphatic rings. The number of anilines is 2. The van der Waals surface area contributed by atoms with Crippen LogP contribution in [-0.2, 0) is 9.59 Å². The number of nitrogens with one attached hydrogen (secondary N) is 3. The number of hydrogen-bond donors (Lipinski definition) is 3. The molecule has 1 atom stereocenters. The largest absolute Gasteiger partial charge is 0.495 e. The highest BCUT2D eigenvalue weighted by Crippen LogP contribution is 2.29. The van der Waals surface area contributed by atoms with E-state index in [1.54, 1.807) is 110 Å². The standard InChI is InChI=1S/C32H27Cl2N3O4S/c1-20(30(38)36-25-13-16-29(41-2)27(34)19-25)42-26-14-11-24(12-15-26)35-32(40)28(18-21-7-6-10-23(33)17-21)37-31(39)22-8-4-3-5-9-22/h3-20H,1-2H3,(H,35,40)(H,36,38)(H,37,39)/b28-18-. The molecule has 0 saturated carbocycles. The van der Waals surface area contributed by atoms with Crippen LogP contribution >= 0.6 is 35.0 Å². The molecule has 0 heterocycles. The van der Waals surface area contributed by atoms with Crippen molar-refractivity contribution in [3.8, 4) is 5.75 Å². The Balaban J connectivity index is 1.42. The van der Waals surface area contributed by atoms with Crippen molar-refractivity contribution in [1.29, 1.82) is 0 Å². The van der Waals surface area contributed by atoms with Gasteiger partial charge >= 0.3 is 0 Å². The van der Waals surface area contributed by atoms with Gasteiger partial charge in [0.1, 0.15) is 11.4 Å². The van der Waals surface area contributed by atoms with Crippen LogP contribution in [0.25, 0.3) is 6.08 Å². The third-order valence-corrected chi connectivity index (χ3v) is 7.54. The number of carbonyl (C=O) groups excluding carboxylic acids is 3. The normalized spacial score (nSPS) is 11.8. The minimum atomic E-state index is -0.509. The molecule has 7 nitrogen and oxygen atoms in total. The summed E-state index contributed by atoms with van der Waals surface area (Å²) in [4.78, 5) is 39.6. The first-order chi connectivity index (χ1) is 20.2. The fourth-order valence-corrected chi connectivity index (χ4v) is 5.09. The first kappa shape index (κ1) is 30.7. The number of hydrogen-bond acceptors (Lipinski definition) is 5. The van der Waals surface area contributed by atoms with E-state index >= 15 is 0 Å². The van der Waals surface area contributed by atoms with Crippen molar-refractivity contribution in [2.75, 3.05) is 17.7 Å². The molecule has 4 rings (SSSR count). The Labute approximate surface area is 258 Å². The maximum atomic E-state index is 13.3. The fourth-order valence-electron chi connectivity index (χ4n) is 3.77. The SMILES string of the molecule is COc1ccc(NC(=O)C(C)Sc2ccc(NC(=O)/C(=C/c3cccc(Cl)c3)NC(=O)c3ccccc3)cc2)cc1Cl. The van der Waals surface area contributed by atoms with E-state index in [2.05, 4.69) is 16.0 Å². The lowest BCUT2D eigenvalue weighted by atomic mass is 10.1. The summed E-state index contributed by atoms with van der Waals surface area (Å²) in [5, 5.41) is 8.86. The molecule has 3 N–H and O–H groups in total. The number of halogens is 2. The second-order valence-corrected chi connectivity index (χ2v) is 11.3. The third-order valence-electron chi connectivity index (χ3n) is 5.90. The summed E-state index contributed by atoms with van der Waals surface area (Å²) in [7, 11) is 1.52. The molecule has 214 valence electrons. The molecular weight excluding hydrogens is 593 g/mol. The molecule has 0 aromatic heterocycles. The van der Waals surface area contributed by atoms with Gasteiger partial charge in [-0.05, 0) is 85.3 Å². The minimum Gasteiger partial charge on any atom is -0.495 e. The summed E-state index contributed by atoms with van der Waals surface area (Å²) in [5.41, 5.74) is 2.19. The van der Waals surface area contributed by atoms with Gasteiger partial charge in [0.15, 0.2) is 0 Å². The lowest BCUT2D eigenvalue weighted by Crippen LogP contribution is -2.30. The molecule has 0 radical (unpaired) electrons. The van der Waals surface area contributed by atoms with Gasteiger partial charge in [0.2, 0.25) is 5.91 Å². The van der Waals surface area contributed by atoms with Crippen LogP contribution in [0.5, 0.6) is 5.75 Å². The van der Waals surface area contributed by atoms with Crippen molar-refractivity contribution in [2.24, 2.45) is 0 Å². The first-order valence-corrected chi connectivity index (χ1v) is 14.4. The predicted octanol–water partition coefficient (Wildman–Crippen LogP) is 7.53. The molecule has 3 amide bonds. The Morgan fingerprint density at radius 2 is 1.55 bits per heavy atom. The molecule has 0 saturated heterocycles. The maximum Gasteiger partial charge on any atom is 0.272 e. The molecule has 0 bridgehead atoms. The topological polar surface area (TPSA) is 96.5 Å². The van der Waals surface area contributed by atoms with Crippen LogP contribution in [0.2, 0.25) is 10.0 Å². The van der Waals surface area contributed by atoms with E-state index < -0.39 is 17.1 Å². The van der Waals surface area contributed by atoms with Crippen LogP contribution in [-0.4, -0.2) is 30.1 Å². The summed E-state index contributed by atoms with van der Waals surface area (Å²) < 4.78 is 5.14. The zero-order valence-electron chi connectivity index (χ0n) is 22.7. The summed E-state index contributed by atoms with van der Waals surface area (Å²) in [6.07, 6.45) is 1.56. The van der Waals surface area contributed by atoms with Crippen molar-refractivity contribution in [2.45, 2.75) is 17.1 Å². The van der Waals surface area contributed by atoms with Gasteiger partial charge in [-0.3, -0.25) is 14.4 Å². The molecule has 10 heteroatoms. The molecule has 42 heavy (non-hydrogen) atoms. The minimum absolute atomic E-state index is 0.0495. The van der Waals surface area contributed by atoms with Gasteiger partial charge in [-0.1, -0.05) is 53.5 Å². The Morgan fingerprint density at radius 1 is 0.833 bits per heavy atom. The number of thioether (sulfide) groups is 1. The van der Waals surface area contributed by atoms with Crippen LogP contribution in [0.15, 0.2) is 108 Å². The zero-order chi connectivity index (χ0) is 30.1. The Kier molecular flexibility index (Phi) is 10.7. The smallest absolute Gasteiger partial charge is 0.272 e. The quantitative estimate of drug-likeness (QED) is 0.126. The third kappa shape index (κ3) is 8.63. The molecule has 4 aromatic rings. The van der Waals surface area contributed by atoms with E-state index in [9.17, 15) is 14.4 Å². The average Bonchev–Trinajstić information content (AvgIpc) is 2.98. The van der Waals surface area contributed by atoms with Gasteiger partial charge in [0.25, 0.3) is 11.8 Å². The molecule has 0 fully saturated rings. The monoisotopic (exact) mass is 619 g/mol. The van der Waals surface area contributed by atoms with Crippen LogP contribution < -0.4 is 20.7 Å². The number of rotatable bonds is 10. The molecule has 1 unspecified atom stereocenters. The molecule has 0 aliphatic heterocycles. The molecule has 0 aliphatic carbocycles. The molecule has 0 spiro atoms. The lowest BCUT2D eigenvalue weighted by Gasteiger charge is -2.14. The van der Waals surface area contributed by atoms with Crippen molar-refractivity contribution in [1.82, 2.24) is 5.32 Å². The van der Waals surface area contributed by atoms with Gasteiger partial charge in [0.05, 0.1) is 17.4 Å². The second kappa shape index (κ2) is 14.6. The fraction of sp³-hybridized carbons (Fsp3) is 0.0938. The second-order valence-electron chi connectivity index (χ2n) is 9.01. The maximum absolute atomic E-state index is 13.3. The van der Waals surface area contributed by atoms with E-state index in [1.165, 1.54) is 18.9 Å². The highest BCUT2D eigenvalue weighted by molar-refractivity contribution is 8.00. The Morgan fingerprint density at radius 3 is 2.21 bits per heavy atom. The van der Waals surface area contributed by atoms with Crippen LogP contribution in [0, 0.1) is 0 Å². The van der Waals surface area contributed by atoms with Crippen molar-refractivity contribution < 1.29 is 19.1 Å². The van der Waals surface area contributed by atoms with Gasteiger partial charge in [-0.15, -0.1) is 11.8 Å². The van der Waals surface area contributed by atoms with Gasteiger partial charge < -0.3 is 20.7 Å². The summed E-state index contributed by atoms with van der Waals surface area (Å²) in [6.45, 7) is 1.79. The van der Waals surface area contributed by atoms with Crippen LogP contribution in [0.1, 0.15) is 22.8 Å². The van der Waals surface area contributed by atoms with Crippen molar-refractivity contribution in [3.63, 3.8) is 0 Å². The van der Waals surface area contributed by atoms with Gasteiger partial charge in [0, 0.05) is 26.9 Å². The number of benzene rings is 4. The average molecular weight is 621 g/mol. The van der Waals surface area contributed by atoms with E-state index in [0.717, 1.165) is 4.90 Å². The summed E-state index contributed by atoms with van der Waals surface area (Å²) in [6, 6.07) is 27.7. The van der Waals surface area contributed by atoms with E-state index in [1.807, 2.05) is 0 Å². The lowest BCUT2D eigenvalue weighted by molar-refractivity contribution is -0.115. The number of amides is 3. The highest BCUT2D eigenvalue weighted by atomic mass is 35.5. The Hall–Kier alpha value is -4.24. The first-order valence-electron chi connectivity index (χ1n) is 12.8. The Bertz CT molecular complexity index is 1610. The van der Waals surface area contributed by atoms with E-state index in [-0.39, 0.29) is 11.6 Å². The van der Waals surface area contributed by atoms with Crippen LogP contribution in [0.4, 0.5) is 11.4 Å². The van der Waals surface area contributed by atoms with Gasteiger partial charge in [-0.2, -0.15) is 0 Å². The van der Waals surface area contributed by atoms with Crippen molar-refractivity contribution in [3.05, 3.63) is 124 Å². The summed E-state index contributed by atoms with van der Waals surface area (Å²) in [5.74, 6) is -0.598. The highest BCUT2D eigenvalue weighted by Gasteiger charge is 2.17. The number of methoxy groups -OCH3 is 1. The van der Waals surface area contributed by atoms with Gasteiger partial charge in [-0.25, -0.2) is 0 Å². The molecule has 4 aromatic carbocycles. The zero-order valence-corrected chi connectivity index (χ0v) is 25.0. The van der Waals surface area contributed by atoms with Crippen LogP contribution in [0.3, 0.4) is 0 Å². The van der Waals surface area contributed by atoms with E-state index in [0.29, 0.717) is 38.3 Å². The van der Waals surface area contributed by atoms with Crippen molar-refractivity contribution >= 4 is 70.1 Å². The predicted molar refractivity (Wildman–Crippen MR) is 170 cm³/mol. The number of ether oxygens (including phenoxy) is 1. The number of carbonyl (C=O) groups is 3. The van der Waals surface area contributed by atoms with E-state index in [4.69, 9.17) is 27.9 Å².